The van der Waals surface area contributed by atoms with Crippen LogP contribution in [-0.4, -0.2) is 27.6 Å². The summed E-state index contributed by atoms with van der Waals surface area (Å²) in [4.78, 5) is 10.5. The predicted molar refractivity (Wildman–Crippen MR) is 62.6 cm³/mol. The quantitative estimate of drug-likeness (QED) is 0.721. The number of benzene rings is 1. The van der Waals surface area contributed by atoms with Gasteiger partial charge < -0.3 is 19.0 Å². The lowest BCUT2D eigenvalue weighted by atomic mass is 10.1. The lowest BCUT2D eigenvalue weighted by Gasteiger charge is -2.13. The Morgan fingerprint density at radius 2 is 1.56 bits per heavy atom. The maximum absolute atomic E-state index is 10.5. The molecule has 0 saturated carbocycles. The molecule has 0 unspecified atom stereocenters. The molecule has 90 valence electrons. The fraction of sp³-hybridized carbons (Fsp3) is 0.417. The summed E-state index contributed by atoms with van der Waals surface area (Å²) >= 11 is 0. The van der Waals surface area contributed by atoms with E-state index in [9.17, 15) is 4.79 Å². The Morgan fingerprint density at radius 3 is 1.88 bits per heavy atom. The zero-order valence-corrected chi connectivity index (χ0v) is 9.07. The number of hydrogen-bond donors (Lipinski definition) is 0. The summed E-state index contributed by atoms with van der Waals surface area (Å²) in [6.45, 7) is 0. The van der Waals surface area contributed by atoms with Crippen LogP contribution >= 0.6 is 0 Å². The fourth-order valence-electron chi connectivity index (χ4n) is 1.36. The molecule has 0 fully saturated rings. The van der Waals surface area contributed by atoms with Crippen LogP contribution in [-0.2, 0) is 11.2 Å². The van der Waals surface area contributed by atoms with Gasteiger partial charge >= 0.3 is 0 Å². The Labute approximate surface area is 96.1 Å². The number of carbonyl (C=O) groups is 1. The third-order valence-electron chi connectivity index (χ3n) is 2.10. The molecule has 0 aliphatic heterocycles. The van der Waals surface area contributed by atoms with E-state index in [0.29, 0.717) is 17.2 Å². The lowest BCUT2D eigenvalue weighted by Crippen LogP contribution is -1.99. The molecule has 0 aromatic heterocycles. The van der Waals surface area contributed by atoms with Crippen LogP contribution in [0.1, 0.15) is 13.0 Å². The molecule has 1 rings (SSSR count). The number of hydrogen-bond acceptors (Lipinski definition) is 4. The maximum Gasteiger partial charge on any atom is 0.129 e. The highest BCUT2D eigenvalue weighted by Crippen LogP contribution is 2.33. The summed E-state index contributed by atoms with van der Waals surface area (Å²) < 4.78 is 15.4. The Morgan fingerprint density at radius 1 is 1.06 bits per heavy atom. The summed E-state index contributed by atoms with van der Waals surface area (Å²) in [5.74, 6) is 1.83. The second-order valence-corrected chi connectivity index (χ2v) is 2.88. The first-order chi connectivity index (χ1) is 7.26. The van der Waals surface area contributed by atoms with Crippen molar-refractivity contribution in [2.75, 3.05) is 21.3 Å². The van der Waals surface area contributed by atoms with Gasteiger partial charge in [-0.1, -0.05) is 7.43 Å². The summed E-state index contributed by atoms with van der Waals surface area (Å²) in [6, 6.07) is 3.45. The van der Waals surface area contributed by atoms with Crippen molar-refractivity contribution in [2.24, 2.45) is 0 Å². The summed E-state index contributed by atoms with van der Waals surface area (Å²) in [6.07, 6.45) is 1.07. The molecule has 0 radical (unpaired) electrons. The minimum absolute atomic E-state index is 0. The van der Waals surface area contributed by atoms with Gasteiger partial charge in [-0.05, 0) is 0 Å². The van der Waals surface area contributed by atoms with Crippen LogP contribution in [0.5, 0.6) is 17.2 Å². The molecule has 16 heavy (non-hydrogen) atoms. The van der Waals surface area contributed by atoms with Gasteiger partial charge in [-0.15, -0.1) is 0 Å². The lowest BCUT2D eigenvalue weighted by molar-refractivity contribution is -0.107. The topological polar surface area (TPSA) is 44.8 Å². The standard InChI is InChI=1S/C11H14O4.CH4/c1-13-8-6-10(14-2)9(4-5-12)11(7-8)15-3;/h5-7H,4H2,1-3H3;1H4. The Kier molecular flexibility index (Phi) is 6.00. The first kappa shape index (κ1) is 14.3. The van der Waals surface area contributed by atoms with Gasteiger partial charge in [0.25, 0.3) is 0 Å². The van der Waals surface area contributed by atoms with E-state index in [1.807, 2.05) is 0 Å². The van der Waals surface area contributed by atoms with Gasteiger partial charge in [0.05, 0.1) is 21.3 Å². The molecule has 0 N–H and O–H groups in total. The Hall–Kier alpha value is -1.71. The van der Waals surface area contributed by atoms with Crippen LogP contribution in [0.2, 0.25) is 0 Å². The van der Waals surface area contributed by atoms with Gasteiger partial charge in [0.1, 0.15) is 23.5 Å². The van der Waals surface area contributed by atoms with Crippen LogP contribution in [0.25, 0.3) is 0 Å². The van der Waals surface area contributed by atoms with E-state index in [0.717, 1.165) is 11.8 Å². The molecule has 0 bridgehead atoms. The Balaban J connectivity index is 0.00000225. The third kappa shape index (κ3) is 2.89. The van der Waals surface area contributed by atoms with E-state index in [4.69, 9.17) is 14.2 Å². The van der Waals surface area contributed by atoms with Crippen molar-refractivity contribution in [2.45, 2.75) is 13.8 Å². The van der Waals surface area contributed by atoms with Crippen molar-refractivity contribution < 1.29 is 19.0 Å². The number of aldehydes is 1. The van der Waals surface area contributed by atoms with Crippen LogP contribution in [0.4, 0.5) is 0 Å². The number of carbonyl (C=O) groups excluding carboxylic acids is 1. The van der Waals surface area contributed by atoms with Crippen molar-refractivity contribution in [3.63, 3.8) is 0 Å². The summed E-state index contributed by atoms with van der Waals surface area (Å²) in [5.41, 5.74) is 0.732. The molecular formula is C12H18O4. The molecular weight excluding hydrogens is 208 g/mol. The van der Waals surface area contributed by atoms with Crippen LogP contribution in [0, 0.1) is 0 Å². The molecule has 0 saturated heterocycles. The van der Waals surface area contributed by atoms with E-state index in [-0.39, 0.29) is 13.8 Å². The SMILES string of the molecule is C.COc1cc(OC)c(CC=O)c(OC)c1. The molecule has 0 amide bonds. The number of rotatable bonds is 5. The second-order valence-electron chi connectivity index (χ2n) is 2.88. The van der Waals surface area contributed by atoms with Gasteiger partial charge in [0.15, 0.2) is 0 Å². The monoisotopic (exact) mass is 226 g/mol. The van der Waals surface area contributed by atoms with E-state index < -0.39 is 0 Å². The number of methoxy groups -OCH3 is 3. The van der Waals surface area contributed by atoms with Crippen LogP contribution in [0.15, 0.2) is 12.1 Å². The molecule has 0 aliphatic carbocycles. The molecule has 0 aliphatic rings. The normalized spacial score (nSPS) is 8.94. The molecule has 0 spiro atoms. The molecule has 1 aromatic rings. The molecule has 4 nitrogen and oxygen atoms in total. The highest BCUT2D eigenvalue weighted by atomic mass is 16.5. The first-order valence-electron chi connectivity index (χ1n) is 4.49. The van der Waals surface area contributed by atoms with Gasteiger partial charge in [-0.25, -0.2) is 0 Å². The second kappa shape index (κ2) is 6.71. The zero-order valence-electron chi connectivity index (χ0n) is 9.07. The number of ether oxygens (including phenoxy) is 3. The minimum Gasteiger partial charge on any atom is -0.496 e. The molecule has 4 heteroatoms. The highest BCUT2D eigenvalue weighted by molar-refractivity contribution is 5.62. The predicted octanol–water partition coefficient (Wildman–Crippen LogP) is 2.09. The third-order valence-corrected chi connectivity index (χ3v) is 2.10. The van der Waals surface area contributed by atoms with Crippen molar-refractivity contribution in [3.05, 3.63) is 17.7 Å². The molecule has 0 heterocycles. The van der Waals surface area contributed by atoms with Gasteiger partial charge in [-0.2, -0.15) is 0 Å². The van der Waals surface area contributed by atoms with Crippen molar-refractivity contribution in [1.29, 1.82) is 0 Å². The largest absolute Gasteiger partial charge is 0.496 e. The average molecular weight is 226 g/mol. The fourth-order valence-corrected chi connectivity index (χ4v) is 1.36. The maximum atomic E-state index is 10.5. The van der Waals surface area contributed by atoms with Crippen molar-refractivity contribution in [1.82, 2.24) is 0 Å². The van der Waals surface area contributed by atoms with Crippen LogP contribution in [0.3, 0.4) is 0 Å². The van der Waals surface area contributed by atoms with E-state index in [2.05, 4.69) is 0 Å². The first-order valence-corrected chi connectivity index (χ1v) is 4.49. The van der Waals surface area contributed by atoms with Gasteiger partial charge in [0, 0.05) is 24.1 Å². The molecule has 0 atom stereocenters. The van der Waals surface area contributed by atoms with Gasteiger partial charge in [-0.3, -0.25) is 0 Å². The molecule has 1 aromatic carbocycles. The smallest absolute Gasteiger partial charge is 0.129 e. The average Bonchev–Trinajstić information content (AvgIpc) is 2.29. The van der Waals surface area contributed by atoms with E-state index in [1.165, 1.54) is 0 Å². The summed E-state index contributed by atoms with van der Waals surface area (Å²) in [7, 11) is 4.65. The van der Waals surface area contributed by atoms with E-state index in [1.54, 1.807) is 33.5 Å². The van der Waals surface area contributed by atoms with Crippen molar-refractivity contribution >= 4 is 6.29 Å². The highest BCUT2D eigenvalue weighted by Gasteiger charge is 2.12. The van der Waals surface area contributed by atoms with Crippen molar-refractivity contribution in [3.8, 4) is 17.2 Å². The van der Waals surface area contributed by atoms with Gasteiger partial charge in [0.2, 0.25) is 0 Å². The Bertz CT molecular complexity index is 322. The summed E-state index contributed by atoms with van der Waals surface area (Å²) in [5, 5.41) is 0. The minimum atomic E-state index is 0. The van der Waals surface area contributed by atoms with E-state index >= 15 is 0 Å². The zero-order chi connectivity index (χ0) is 11.3. The van der Waals surface area contributed by atoms with Crippen LogP contribution < -0.4 is 14.2 Å².